The van der Waals surface area contributed by atoms with Crippen LogP contribution in [-0.2, 0) is 28.9 Å². The molecule has 1 amide bonds. The Morgan fingerprint density at radius 2 is 2.22 bits per heavy atom. The number of carbonyl (C=O) groups excluding carboxylic acids is 2. The van der Waals surface area contributed by atoms with E-state index in [2.05, 4.69) is 28.2 Å². The smallest absolute Gasteiger partial charge is 0.341 e. The average molecular weight is 489 g/mol. The van der Waals surface area contributed by atoms with Crippen molar-refractivity contribution in [2.75, 3.05) is 17.7 Å². The first-order valence-corrected chi connectivity index (χ1v) is 13.0. The van der Waals surface area contributed by atoms with Crippen LogP contribution in [-0.4, -0.2) is 39.0 Å². The highest BCUT2D eigenvalue weighted by molar-refractivity contribution is 7.99. The van der Waals surface area contributed by atoms with E-state index in [4.69, 9.17) is 4.74 Å². The lowest BCUT2D eigenvalue weighted by Crippen LogP contribution is -2.17. The van der Waals surface area contributed by atoms with Gasteiger partial charge in [-0.05, 0) is 44.7 Å². The molecule has 0 aromatic carbocycles. The molecule has 1 aliphatic rings. The molecule has 0 fully saturated rings. The second kappa shape index (κ2) is 10.0. The van der Waals surface area contributed by atoms with Crippen molar-refractivity contribution in [3.8, 4) is 11.4 Å². The molecule has 0 spiro atoms. The molecule has 0 saturated carbocycles. The number of rotatable bonds is 9. The van der Waals surface area contributed by atoms with Crippen LogP contribution in [0.15, 0.2) is 29.3 Å². The summed E-state index contributed by atoms with van der Waals surface area (Å²) in [6.45, 7) is 8.51. The van der Waals surface area contributed by atoms with Crippen molar-refractivity contribution in [2.45, 2.75) is 44.8 Å². The molecule has 1 N–H and O–H groups in total. The van der Waals surface area contributed by atoms with Gasteiger partial charge in [0.15, 0.2) is 11.0 Å². The molecular formula is C22H24N4O3S3. The zero-order chi connectivity index (χ0) is 22.7. The molecule has 3 aromatic rings. The van der Waals surface area contributed by atoms with Crippen molar-refractivity contribution in [2.24, 2.45) is 0 Å². The van der Waals surface area contributed by atoms with Gasteiger partial charge in [-0.15, -0.1) is 39.4 Å². The highest BCUT2D eigenvalue weighted by atomic mass is 32.2. The Hall–Kier alpha value is -2.43. The Morgan fingerprint density at radius 1 is 1.38 bits per heavy atom. The number of hydrogen-bond acceptors (Lipinski definition) is 8. The molecule has 168 valence electrons. The predicted octanol–water partition coefficient (Wildman–Crippen LogP) is 4.96. The van der Waals surface area contributed by atoms with Gasteiger partial charge in [-0.2, -0.15) is 0 Å². The molecule has 3 aromatic heterocycles. The number of fused-ring (bicyclic) bond motifs is 1. The van der Waals surface area contributed by atoms with Crippen LogP contribution < -0.4 is 5.32 Å². The number of thiophene rings is 2. The number of thioether (sulfide) groups is 1. The van der Waals surface area contributed by atoms with Gasteiger partial charge in [0, 0.05) is 27.2 Å². The van der Waals surface area contributed by atoms with E-state index in [1.807, 2.05) is 16.9 Å². The van der Waals surface area contributed by atoms with Crippen LogP contribution in [0.5, 0.6) is 0 Å². The topological polar surface area (TPSA) is 86.1 Å². The Labute approximate surface area is 198 Å². The van der Waals surface area contributed by atoms with Crippen molar-refractivity contribution in [1.29, 1.82) is 0 Å². The largest absolute Gasteiger partial charge is 0.462 e. The zero-order valence-electron chi connectivity index (χ0n) is 18.0. The molecule has 32 heavy (non-hydrogen) atoms. The van der Waals surface area contributed by atoms with Crippen LogP contribution in [0.25, 0.3) is 11.4 Å². The van der Waals surface area contributed by atoms with Gasteiger partial charge in [-0.1, -0.05) is 17.8 Å². The van der Waals surface area contributed by atoms with E-state index in [0.717, 1.165) is 41.1 Å². The predicted molar refractivity (Wildman–Crippen MR) is 130 cm³/mol. The van der Waals surface area contributed by atoms with E-state index >= 15 is 0 Å². The van der Waals surface area contributed by atoms with Crippen LogP contribution in [0.4, 0.5) is 5.00 Å². The Bertz CT molecular complexity index is 1160. The summed E-state index contributed by atoms with van der Waals surface area (Å²) in [5.41, 5.74) is 2.55. The summed E-state index contributed by atoms with van der Waals surface area (Å²) in [6, 6.07) is 2.07. The lowest BCUT2D eigenvalue weighted by molar-refractivity contribution is -0.113. The lowest BCUT2D eigenvalue weighted by atomic mass is 10.1. The molecular weight excluding hydrogens is 464 g/mol. The Kier molecular flexibility index (Phi) is 7.12. The summed E-state index contributed by atoms with van der Waals surface area (Å²) in [6.07, 6.45) is 4.60. The zero-order valence-corrected chi connectivity index (χ0v) is 20.4. The second-order valence-corrected chi connectivity index (χ2v) is 10.4. The molecule has 4 rings (SSSR count). The van der Waals surface area contributed by atoms with Crippen molar-refractivity contribution in [3.63, 3.8) is 0 Å². The van der Waals surface area contributed by atoms with Crippen LogP contribution in [0, 0.1) is 6.92 Å². The number of aryl methyl sites for hydroxylation is 2. The number of hydrogen-bond donors (Lipinski definition) is 1. The van der Waals surface area contributed by atoms with Crippen molar-refractivity contribution < 1.29 is 14.3 Å². The fourth-order valence-corrected chi connectivity index (χ4v) is 6.39. The quantitative estimate of drug-likeness (QED) is 0.260. The average Bonchev–Trinajstić information content (AvgIpc) is 3.51. The third-order valence-corrected chi connectivity index (χ3v) is 8.04. The first-order chi connectivity index (χ1) is 15.5. The van der Waals surface area contributed by atoms with Gasteiger partial charge in [0.05, 0.1) is 17.9 Å². The van der Waals surface area contributed by atoms with E-state index in [1.54, 1.807) is 24.3 Å². The van der Waals surface area contributed by atoms with E-state index < -0.39 is 0 Å². The number of anilines is 1. The Balaban J connectivity index is 1.48. The van der Waals surface area contributed by atoms with Gasteiger partial charge in [0.1, 0.15) is 5.00 Å². The van der Waals surface area contributed by atoms with Crippen LogP contribution in [0.1, 0.15) is 39.0 Å². The minimum Gasteiger partial charge on any atom is -0.462 e. The van der Waals surface area contributed by atoms with Gasteiger partial charge in [-0.3, -0.25) is 9.36 Å². The number of carbonyl (C=O) groups is 2. The molecule has 7 nitrogen and oxygen atoms in total. The first-order valence-electron chi connectivity index (χ1n) is 10.4. The van der Waals surface area contributed by atoms with E-state index in [0.29, 0.717) is 28.9 Å². The standard InChI is InChI=1S/C22H24N4O3S3/c1-4-9-26-19(14-10-13(3)30-11-14)24-25-22(26)31-12-17(27)23-20-18(21(28)29-5-2)15-7-6-8-16(15)32-20/h4,10-11H,1,5-9,12H2,2-3H3,(H,23,27). The van der Waals surface area contributed by atoms with E-state index in [1.165, 1.54) is 28.0 Å². The van der Waals surface area contributed by atoms with Gasteiger partial charge < -0.3 is 10.1 Å². The molecule has 0 saturated heterocycles. The van der Waals surface area contributed by atoms with Gasteiger partial charge in [-0.25, -0.2) is 4.79 Å². The number of nitrogens with one attached hydrogen (secondary N) is 1. The molecule has 1 aliphatic carbocycles. The number of esters is 1. The summed E-state index contributed by atoms with van der Waals surface area (Å²) in [5, 5.41) is 14.8. The summed E-state index contributed by atoms with van der Waals surface area (Å²) >= 11 is 4.45. The molecule has 0 aliphatic heterocycles. The fourth-order valence-electron chi connectivity index (χ4n) is 3.67. The minimum absolute atomic E-state index is 0.156. The minimum atomic E-state index is -0.365. The van der Waals surface area contributed by atoms with Gasteiger partial charge in [0.2, 0.25) is 5.91 Å². The van der Waals surface area contributed by atoms with Crippen molar-refractivity contribution >= 4 is 51.3 Å². The highest BCUT2D eigenvalue weighted by Crippen LogP contribution is 2.39. The third kappa shape index (κ3) is 4.67. The Morgan fingerprint density at radius 3 is 2.94 bits per heavy atom. The van der Waals surface area contributed by atoms with Crippen molar-refractivity contribution in [3.05, 3.63) is 45.0 Å². The number of ether oxygens (including phenoxy) is 1. The summed E-state index contributed by atoms with van der Waals surface area (Å²) in [7, 11) is 0. The normalized spacial score (nSPS) is 12.6. The molecule has 0 radical (unpaired) electrons. The maximum atomic E-state index is 12.7. The number of allylic oxidation sites excluding steroid dienone is 1. The number of nitrogens with zero attached hydrogens (tertiary/aromatic N) is 3. The van der Waals surface area contributed by atoms with Crippen LogP contribution >= 0.6 is 34.4 Å². The molecule has 0 atom stereocenters. The summed E-state index contributed by atoms with van der Waals surface area (Å²) in [4.78, 5) is 27.6. The third-order valence-electron chi connectivity index (χ3n) is 5.00. The van der Waals surface area contributed by atoms with Crippen LogP contribution in [0.3, 0.4) is 0 Å². The van der Waals surface area contributed by atoms with Gasteiger partial charge >= 0.3 is 5.97 Å². The fraction of sp³-hybridized carbons (Fsp3) is 0.364. The first kappa shape index (κ1) is 22.8. The van der Waals surface area contributed by atoms with Gasteiger partial charge in [0.25, 0.3) is 0 Å². The summed E-state index contributed by atoms with van der Waals surface area (Å²) < 4.78 is 7.19. The SMILES string of the molecule is C=CCn1c(SCC(=O)Nc2sc3c(c2C(=O)OCC)CCC3)nnc1-c1csc(C)c1. The van der Waals surface area contributed by atoms with Crippen molar-refractivity contribution in [1.82, 2.24) is 14.8 Å². The molecule has 0 bridgehead atoms. The molecule has 3 heterocycles. The maximum absolute atomic E-state index is 12.7. The lowest BCUT2D eigenvalue weighted by Gasteiger charge is -2.09. The van der Waals surface area contributed by atoms with E-state index in [9.17, 15) is 9.59 Å². The highest BCUT2D eigenvalue weighted by Gasteiger charge is 2.28. The van der Waals surface area contributed by atoms with E-state index in [-0.39, 0.29) is 17.6 Å². The van der Waals surface area contributed by atoms with Crippen LogP contribution in [0.2, 0.25) is 0 Å². The number of amides is 1. The maximum Gasteiger partial charge on any atom is 0.341 e. The monoisotopic (exact) mass is 488 g/mol. The number of aromatic nitrogens is 3. The summed E-state index contributed by atoms with van der Waals surface area (Å²) in [5.74, 6) is 0.359. The second-order valence-electron chi connectivity index (χ2n) is 7.27. The molecule has 10 heteroatoms. The molecule has 0 unspecified atom stereocenters.